The lowest BCUT2D eigenvalue weighted by Gasteiger charge is -2.09. The zero-order valence-corrected chi connectivity index (χ0v) is 13.3. The number of alkyl halides is 3. The molecule has 3 rings (SSSR count). The third kappa shape index (κ3) is 3.10. The van der Waals surface area contributed by atoms with Crippen LogP contribution in [0.2, 0.25) is 5.02 Å². The molecule has 2 aromatic carbocycles. The van der Waals surface area contributed by atoms with Crippen molar-refractivity contribution < 1.29 is 17.9 Å². The van der Waals surface area contributed by atoms with Crippen LogP contribution in [0.5, 0.6) is 5.75 Å². The van der Waals surface area contributed by atoms with Crippen molar-refractivity contribution in [2.75, 3.05) is 7.11 Å². The summed E-state index contributed by atoms with van der Waals surface area (Å²) in [6.45, 7) is 0. The highest BCUT2D eigenvalue weighted by Gasteiger charge is 2.35. The second-order valence-electron chi connectivity index (χ2n) is 5.00. The smallest absolute Gasteiger partial charge is 0.434 e. The first kappa shape index (κ1) is 16.4. The average molecular weight is 353 g/mol. The summed E-state index contributed by atoms with van der Waals surface area (Å²) in [5.74, 6) is 0.590. The van der Waals surface area contributed by atoms with E-state index in [4.69, 9.17) is 16.3 Å². The zero-order chi connectivity index (χ0) is 17.3. The van der Waals surface area contributed by atoms with E-state index in [1.807, 2.05) is 0 Å². The third-order valence-corrected chi connectivity index (χ3v) is 3.74. The Morgan fingerprint density at radius 3 is 2.38 bits per heavy atom. The molecule has 0 N–H and O–H groups in total. The van der Waals surface area contributed by atoms with Gasteiger partial charge in [0.1, 0.15) is 11.6 Å². The number of nitrogens with zero attached hydrogens (tertiary/aromatic N) is 2. The summed E-state index contributed by atoms with van der Waals surface area (Å²) in [6.07, 6.45) is -3.56. The van der Waals surface area contributed by atoms with Crippen molar-refractivity contribution in [2.45, 2.75) is 6.18 Å². The molecule has 24 heavy (non-hydrogen) atoms. The number of rotatable bonds is 3. The number of methoxy groups -OCH3 is 1. The Morgan fingerprint density at radius 1 is 1.08 bits per heavy atom. The molecule has 0 aliphatic heterocycles. The van der Waals surface area contributed by atoms with Crippen LogP contribution in [-0.4, -0.2) is 16.7 Å². The van der Waals surface area contributed by atoms with Crippen molar-refractivity contribution in [1.29, 1.82) is 0 Å². The minimum atomic E-state index is -4.54. The summed E-state index contributed by atoms with van der Waals surface area (Å²) in [5, 5.41) is 0.297. The standard InChI is InChI=1S/C17H12ClF3N2O/c1-24-14-8-7-11(9-13(14)18)16-22-15(17(19,20)21)10-23(16)12-5-3-2-4-6-12/h2-10H,1H3. The summed E-state index contributed by atoms with van der Waals surface area (Å²) in [6, 6.07) is 13.4. The van der Waals surface area contributed by atoms with E-state index in [2.05, 4.69) is 4.98 Å². The first-order chi connectivity index (χ1) is 11.4. The predicted molar refractivity (Wildman–Crippen MR) is 85.6 cm³/mol. The van der Waals surface area contributed by atoms with Gasteiger partial charge in [-0.3, -0.25) is 4.57 Å². The molecule has 124 valence electrons. The van der Waals surface area contributed by atoms with E-state index >= 15 is 0 Å². The van der Waals surface area contributed by atoms with Gasteiger partial charge in [-0.05, 0) is 30.3 Å². The Kier molecular flexibility index (Phi) is 4.24. The van der Waals surface area contributed by atoms with Gasteiger partial charge >= 0.3 is 6.18 Å². The van der Waals surface area contributed by atoms with Gasteiger partial charge < -0.3 is 4.74 Å². The van der Waals surface area contributed by atoms with Gasteiger partial charge in [0.05, 0.1) is 12.1 Å². The number of ether oxygens (including phenoxy) is 1. The Labute approximate surface area is 141 Å². The van der Waals surface area contributed by atoms with Gasteiger partial charge in [-0.1, -0.05) is 29.8 Å². The number of imidazole rings is 1. The summed E-state index contributed by atoms with van der Waals surface area (Å²) in [4.78, 5) is 3.76. The summed E-state index contributed by atoms with van der Waals surface area (Å²) in [7, 11) is 1.47. The van der Waals surface area contributed by atoms with E-state index in [0.717, 1.165) is 6.20 Å². The lowest BCUT2D eigenvalue weighted by molar-refractivity contribution is -0.140. The average Bonchev–Trinajstić information content (AvgIpc) is 3.01. The second-order valence-corrected chi connectivity index (χ2v) is 5.41. The molecule has 3 aromatic rings. The highest BCUT2D eigenvalue weighted by atomic mass is 35.5. The van der Waals surface area contributed by atoms with Crippen LogP contribution in [0.25, 0.3) is 17.1 Å². The molecule has 0 spiro atoms. The van der Waals surface area contributed by atoms with Gasteiger partial charge in [-0.25, -0.2) is 4.98 Å². The van der Waals surface area contributed by atoms with Crippen molar-refractivity contribution in [3.8, 4) is 22.8 Å². The lowest BCUT2D eigenvalue weighted by atomic mass is 10.2. The van der Waals surface area contributed by atoms with Crippen molar-refractivity contribution >= 4 is 11.6 Å². The highest BCUT2D eigenvalue weighted by Crippen LogP contribution is 2.35. The number of hydrogen-bond donors (Lipinski definition) is 0. The van der Waals surface area contributed by atoms with E-state index < -0.39 is 11.9 Å². The Bertz CT molecular complexity index is 860. The van der Waals surface area contributed by atoms with E-state index in [1.165, 1.54) is 17.7 Å². The summed E-state index contributed by atoms with van der Waals surface area (Å²) >= 11 is 6.09. The molecule has 0 atom stereocenters. The minimum absolute atomic E-state index is 0.151. The minimum Gasteiger partial charge on any atom is -0.495 e. The SMILES string of the molecule is COc1ccc(-c2nc(C(F)(F)F)cn2-c2ccccc2)cc1Cl. The van der Waals surface area contributed by atoms with Crippen LogP contribution in [0.3, 0.4) is 0 Å². The molecule has 0 amide bonds. The van der Waals surface area contributed by atoms with Crippen LogP contribution in [0.1, 0.15) is 5.69 Å². The maximum atomic E-state index is 13.1. The molecule has 0 aliphatic carbocycles. The first-order valence-electron chi connectivity index (χ1n) is 6.96. The molecule has 0 saturated carbocycles. The van der Waals surface area contributed by atoms with Crippen LogP contribution in [-0.2, 0) is 6.18 Å². The van der Waals surface area contributed by atoms with Crippen molar-refractivity contribution in [1.82, 2.24) is 9.55 Å². The quantitative estimate of drug-likeness (QED) is 0.646. The zero-order valence-electron chi connectivity index (χ0n) is 12.5. The number of hydrogen-bond acceptors (Lipinski definition) is 2. The predicted octanol–water partition coefficient (Wildman–Crippen LogP) is 5.22. The van der Waals surface area contributed by atoms with Crippen molar-refractivity contribution in [3.05, 3.63) is 65.4 Å². The van der Waals surface area contributed by atoms with E-state index in [9.17, 15) is 13.2 Å². The second kappa shape index (κ2) is 6.20. The Hall–Kier alpha value is -2.47. The molecule has 1 aromatic heterocycles. The fraction of sp³-hybridized carbons (Fsp3) is 0.118. The molecule has 0 saturated heterocycles. The van der Waals surface area contributed by atoms with Crippen LogP contribution < -0.4 is 4.74 Å². The molecule has 0 bridgehead atoms. The molecule has 0 unspecified atom stereocenters. The number of para-hydroxylation sites is 1. The van der Waals surface area contributed by atoms with Gasteiger partial charge in [0.15, 0.2) is 5.69 Å². The van der Waals surface area contributed by atoms with Crippen molar-refractivity contribution in [3.63, 3.8) is 0 Å². The maximum absolute atomic E-state index is 13.1. The summed E-state index contributed by atoms with van der Waals surface area (Å²) in [5.41, 5.74) is 0.0656. The fourth-order valence-corrected chi connectivity index (χ4v) is 2.57. The normalized spacial score (nSPS) is 11.5. The van der Waals surface area contributed by atoms with Gasteiger partial charge in [0.2, 0.25) is 0 Å². The molecule has 0 aliphatic rings. The molecular formula is C17H12ClF3N2O. The summed E-state index contributed by atoms with van der Waals surface area (Å²) < 4.78 is 45.7. The van der Waals surface area contributed by atoms with Crippen LogP contribution in [0.4, 0.5) is 13.2 Å². The van der Waals surface area contributed by atoms with Gasteiger partial charge in [0, 0.05) is 17.4 Å². The van der Waals surface area contributed by atoms with Crippen LogP contribution in [0.15, 0.2) is 54.7 Å². The van der Waals surface area contributed by atoms with E-state index in [1.54, 1.807) is 42.5 Å². The van der Waals surface area contributed by atoms with Gasteiger partial charge in [-0.2, -0.15) is 13.2 Å². The molecule has 1 heterocycles. The van der Waals surface area contributed by atoms with Crippen molar-refractivity contribution in [2.24, 2.45) is 0 Å². The third-order valence-electron chi connectivity index (χ3n) is 3.44. The fourth-order valence-electron chi connectivity index (χ4n) is 2.31. The molecule has 3 nitrogen and oxygen atoms in total. The monoisotopic (exact) mass is 352 g/mol. The highest BCUT2D eigenvalue weighted by molar-refractivity contribution is 6.32. The molecule has 7 heteroatoms. The van der Waals surface area contributed by atoms with Crippen LogP contribution >= 0.6 is 11.6 Å². The van der Waals surface area contributed by atoms with Crippen LogP contribution in [0, 0.1) is 0 Å². The molecule has 0 fully saturated rings. The number of halogens is 4. The maximum Gasteiger partial charge on any atom is 0.434 e. The van der Waals surface area contributed by atoms with Gasteiger partial charge in [0.25, 0.3) is 0 Å². The Balaban J connectivity index is 2.19. The largest absolute Gasteiger partial charge is 0.495 e. The molecule has 0 radical (unpaired) electrons. The topological polar surface area (TPSA) is 27.1 Å². The lowest BCUT2D eigenvalue weighted by Crippen LogP contribution is -2.04. The first-order valence-corrected chi connectivity index (χ1v) is 7.34. The Morgan fingerprint density at radius 2 is 1.79 bits per heavy atom. The number of aromatic nitrogens is 2. The van der Waals surface area contributed by atoms with Gasteiger partial charge in [-0.15, -0.1) is 0 Å². The molecular weight excluding hydrogens is 341 g/mol. The number of benzene rings is 2. The van der Waals surface area contributed by atoms with E-state index in [-0.39, 0.29) is 5.82 Å². The van der Waals surface area contributed by atoms with E-state index in [0.29, 0.717) is 22.0 Å².